The number of allylic oxidation sites excluding steroid dienone is 1. The van der Waals surface area contributed by atoms with Gasteiger partial charge in [-0.15, -0.1) is 10.2 Å². The Hall–Kier alpha value is -6.23. The number of nitrogens with zero attached hydrogens (tertiary/aromatic N) is 9. The number of rotatable bonds is 15. The minimum Gasteiger partial charge on any atom is -0.370 e. The Labute approximate surface area is 349 Å². The maximum absolute atomic E-state index is 14.3. The predicted octanol–water partition coefficient (Wildman–Crippen LogP) is 3.60. The van der Waals surface area contributed by atoms with E-state index in [4.69, 9.17) is 10.7 Å². The van der Waals surface area contributed by atoms with E-state index in [1.165, 1.54) is 0 Å². The third-order valence-corrected chi connectivity index (χ3v) is 12.1. The number of nitrogens with two attached hydrogens (primary N) is 1. The number of carbonyl (C=O) groups excluding carboxylic acids is 5. The summed E-state index contributed by atoms with van der Waals surface area (Å²) in [6.45, 7) is 11.6. The molecule has 0 radical (unpaired) electrons. The number of aromatic nitrogens is 4. The van der Waals surface area contributed by atoms with Gasteiger partial charge in [0, 0.05) is 43.9 Å². The van der Waals surface area contributed by atoms with Gasteiger partial charge in [-0.05, 0) is 75.1 Å². The summed E-state index contributed by atoms with van der Waals surface area (Å²) in [4.78, 5) is 82.5. The average Bonchev–Trinajstić information content (AvgIpc) is 4.04. The van der Waals surface area contributed by atoms with Crippen molar-refractivity contribution < 1.29 is 24.0 Å². The van der Waals surface area contributed by atoms with E-state index in [-0.39, 0.29) is 35.9 Å². The highest BCUT2D eigenvalue weighted by atomic mass is 16.2. The van der Waals surface area contributed by atoms with Crippen LogP contribution in [0.15, 0.2) is 70.8 Å². The highest BCUT2D eigenvalue weighted by molar-refractivity contribution is 6.25. The van der Waals surface area contributed by atoms with Crippen molar-refractivity contribution in [1.82, 2.24) is 40.2 Å². The number of anilines is 2. The molecular formula is C43H54N12O5. The van der Waals surface area contributed by atoms with Crippen LogP contribution in [0.25, 0.3) is 11.5 Å². The summed E-state index contributed by atoms with van der Waals surface area (Å²) in [7, 11) is 0. The number of amides is 5. The van der Waals surface area contributed by atoms with Gasteiger partial charge in [-0.3, -0.25) is 44.1 Å². The molecule has 4 aliphatic rings. The lowest BCUT2D eigenvalue weighted by Crippen LogP contribution is -2.49. The van der Waals surface area contributed by atoms with Crippen LogP contribution in [0.3, 0.4) is 0 Å². The quantitative estimate of drug-likeness (QED) is 0.0662. The van der Waals surface area contributed by atoms with Crippen LogP contribution in [0.5, 0.6) is 0 Å². The van der Waals surface area contributed by atoms with E-state index in [2.05, 4.69) is 35.6 Å². The number of imide groups is 2. The molecule has 2 atom stereocenters. The first-order valence-electron chi connectivity index (χ1n) is 21.0. The van der Waals surface area contributed by atoms with E-state index in [1.807, 2.05) is 62.6 Å². The Balaban J connectivity index is 1.14. The molecule has 2 aromatic heterocycles. The molecule has 0 bridgehead atoms. The van der Waals surface area contributed by atoms with Gasteiger partial charge in [-0.25, -0.2) is 4.98 Å². The van der Waals surface area contributed by atoms with E-state index in [0.717, 1.165) is 35.6 Å². The van der Waals surface area contributed by atoms with Crippen molar-refractivity contribution in [2.75, 3.05) is 42.5 Å². The van der Waals surface area contributed by atoms with Crippen LogP contribution in [0.1, 0.15) is 93.4 Å². The topological polar surface area (TPSA) is 204 Å². The molecule has 17 nitrogen and oxygen atoms in total. The van der Waals surface area contributed by atoms with Crippen molar-refractivity contribution in [3.8, 4) is 11.5 Å². The SMILES string of the molecule is CC/C=C1/C(=O)N(c2cccc(-c3nncn3CC)n2)C/C1=C(/N/C=N/C(N)CC)N1CCC2(CC1)CCN(c1cccc3c1C(=O)N(C(CCC)C(=O)NC=O)C3=O)C2. The van der Waals surface area contributed by atoms with Crippen LogP contribution < -0.4 is 26.2 Å². The third-order valence-electron chi connectivity index (χ3n) is 12.1. The van der Waals surface area contributed by atoms with Gasteiger partial charge in [0.05, 0.1) is 35.9 Å². The summed E-state index contributed by atoms with van der Waals surface area (Å²) in [6, 6.07) is 9.78. The maximum atomic E-state index is 14.3. The molecule has 60 heavy (non-hydrogen) atoms. The highest BCUT2D eigenvalue weighted by Gasteiger charge is 2.47. The minimum absolute atomic E-state index is 0.0589. The number of piperidine rings is 1. The van der Waals surface area contributed by atoms with E-state index < -0.39 is 23.8 Å². The van der Waals surface area contributed by atoms with Crippen molar-refractivity contribution >= 4 is 47.9 Å². The van der Waals surface area contributed by atoms with Crippen molar-refractivity contribution in [3.63, 3.8) is 0 Å². The van der Waals surface area contributed by atoms with Crippen LogP contribution in [0, 0.1) is 5.41 Å². The van der Waals surface area contributed by atoms with Crippen LogP contribution in [-0.4, -0.2) is 111 Å². The first kappa shape index (κ1) is 41.9. The van der Waals surface area contributed by atoms with Gasteiger partial charge in [0.1, 0.15) is 29.7 Å². The van der Waals surface area contributed by atoms with Crippen LogP contribution in [0.4, 0.5) is 11.5 Å². The molecule has 7 rings (SSSR count). The zero-order chi connectivity index (χ0) is 42.6. The number of fused-ring (bicyclic) bond motifs is 1. The molecule has 5 amide bonds. The van der Waals surface area contributed by atoms with Crippen LogP contribution in [0.2, 0.25) is 0 Å². The van der Waals surface area contributed by atoms with Gasteiger partial charge in [-0.2, -0.15) is 0 Å². The van der Waals surface area contributed by atoms with Gasteiger partial charge in [0.15, 0.2) is 5.82 Å². The second-order valence-corrected chi connectivity index (χ2v) is 15.7. The van der Waals surface area contributed by atoms with Crippen LogP contribution >= 0.6 is 0 Å². The molecule has 0 saturated carbocycles. The number of hydrogen-bond donors (Lipinski definition) is 3. The number of nitrogens with one attached hydrogen (secondary N) is 2. The smallest absolute Gasteiger partial charge is 0.264 e. The van der Waals surface area contributed by atoms with Gasteiger partial charge in [0.25, 0.3) is 17.7 Å². The average molecular weight is 819 g/mol. The molecule has 3 saturated heterocycles. The van der Waals surface area contributed by atoms with Crippen LogP contribution in [-0.2, 0) is 20.9 Å². The summed E-state index contributed by atoms with van der Waals surface area (Å²) >= 11 is 0. The first-order valence-corrected chi connectivity index (χ1v) is 21.0. The van der Waals surface area contributed by atoms with Gasteiger partial charge < -0.3 is 25.4 Å². The summed E-state index contributed by atoms with van der Waals surface area (Å²) in [5.41, 5.74) is 9.45. The molecule has 316 valence electrons. The molecule has 4 N–H and O–H groups in total. The number of carbonyl (C=O) groups is 5. The Morgan fingerprint density at radius 2 is 1.75 bits per heavy atom. The summed E-state index contributed by atoms with van der Waals surface area (Å²) in [5, 5.41) is 13.9. The van der Waals surface area contributed by atoms with Crippen molar-refractivity contribution in [1.29, 1.82) is 0 Å². The molecular weight excluding hydrogens is 765 g/mol. The number of hydrogen-bond acceptors (Lipinski definition) is 12. The van der Waals surface area contributed by atoms with Gasteiger partial charge in [-0.1, -0.05) is 45.4 Å². The largest absolute Gasteiger partial charge is 0.370 e. The summed E-state index contributed by atoms with van der Waals surface area (Å²) in [5.74, 6) is 0.0889. The molecule has 3 aromatic rings. The third kappa shape index (κ3) is 7.92. The fourth-order valence-corrected chi connectivity index (χ4v) is 8.83. The predicted molar refractivity (Wildman–Crippen MR) is 226 cm³/mol. The minimum atomic E-state index is -1.08. The Bertz CT molecular complexity index is 2240. The second kappa shape index (κ2) is 17.9. The van der Waals surface area contributed by atoms with Crippen molar-refractivity contribution in [2.24, 2.45) is 16.1 Å². The monoisotopic (exact) mass is 818 g/mol. The molecule has 17 heteroatoms. The molecule has 3 fully saturated rings. The maximum Gasteiger partial charge on any atom is 0.264 e. The summed E-state index contributed by atoms with van der Waals surface area (Å²) < 4.78 is 1.91. The lowest BCUT2D eigenvalue weighted by molar-refractivity contribution is -0.128. The zero-order valence-electron chi connectivity index (χ0n) is 34.8. The molecule has 4 aliphatic heterocycles. The lowest BCUT2D eigenvalue weighted by atomic mass is 9.77. The van der Waals surface area contributed by atoms with Gasteiger partial charge >= 0.3 is 0 Å². The normalized spacial score (nSPS) is 20.1. The van der Waals surface area contributed by atoms with Crippen molar-refractivity contribution in [3.05, 3.63) is 76.9 Å². The Kier molecular flexibility index (Phi) is 12.5. The number of benzene rings is 1. The fourth-order valence-electron chi connectivity index (χ4n) is 8.83. The molecule has 0 aliphatic carbocycles. The van der Waals surface area contributed by atoms with E-state index in [9.17, 15) is 24.0 Å². The fraction of sp³-hybridized carbons (Fsp3) is 0.465. The molecule has 6 heterocycles. The lowest BCUT2D eigenvalue weighted by Gasteiger charge is -2.41. The van der Waals surface area contributed by atoms with E-state index in [0.29, 0.717) is 92.7 Å². The van der Waals surface area contributed by atoms with E-state index >= 15 is 0 Å². The number of aryl methyl sites for hydroxylation is 1. The standard InChI is InChI=1S/C43H54N12O5/c1-5-11-28-30(23-54(40(28)58)35-16-10-14-31(49-35)38-50-48-26-51(38)8-4)37(46-25-45-34(44)7-3)52-20-17-43(18-21-52)19-22-53(24-43)32-15-9-13-29-36(32)42(60)55(41(29)59)33(12-6-2)39(57)47-27-56/h9-11,13-16,25-27,33-34H,5-8,12,17-24,44H2,1-4H3,(H,45,46)(H,47,56,57)/b28-11+,37-30+. The molecule has 1 aromatic carbocycles. The second-order valence-electron chi connectivity index (χ2n) is 15.7. The highest BCUT2D eigenvalue weighted by Crippen LogP contribution is 2.45. The molecule has 2 unspecified atom stereocenters. The zero-order valence-corrected chi connectivity index (χ0v) is 34.8. The molecule has 1 spiro atoms. The Morgan fingerprint density at radius 3 is 2.47 bits per heavy atom. The Morgan fingerprint density at radius 1 is 0.983 bits per heavy atom. The van der Waals surface area contributed by atoms with E-state index in [1.54, 1.807) is 29.7 Å². The number of likely N-dealkylation sites (tertiary alicyclic amines) is 1. The first-order chi connectivity index (χ1) is 29.1. The van der Waals surface area contributed by atoms with Gasteiger partial charge in [0.2, 0.25) is 12.3 Å². The summed E-state index contributed by atoms with van der Waals surface area (Å²) in [6.07, 6.45) is 9.87. The number of pyridine rings is 1. The van der Waals surface area contributed by atoms with Crippen molar-refractivity contribution in [2.45, 2.75) is 91.4 Å². The number of aliphatic imine (C=N–C) groups is 1.